The van der Waals surface area contributed by atoms with E-state index in [-0.39, 0.29) is 23.3 Å². The molecule has 4 rings (SSSR count). The molecule has 1 fully saturated rings. The number of carbonyl (C=O) groups excluding carboxylic acids is 1. The molecule has 30 heavy (non-hydrogen) atoms. The first-order valence-electron chi connectivity index (χ1n) is 9.78. The second-order valence-corrected chi connectivity index (χ2v) is 9.93. The normalized spacial score (nSPS) is 15.4. The molecule has 7 nitrogen and oxygen atoms in total. The van der Waals surface area contributed by atoms with E-state index in [1.807, 2.05) is 24.4 Å². The van der Waals surface area contributed by atoms with Crippen LogP contribution in [-0.2, 0) is 21.2 Å². The Hall–Kier alpha value is -2.49. The van der Waals surface area contributed by atoms with E-state index in [1.165, 1.54) is 0 Å². The van der Waals surface area contributed by atoms with Crippen molar-refractivity contribution >= 4 is 27.3 Å². The molecule has 1 aromatic carbocycles. The fraction of sp³-hybridized carbons (Fsp3) is 0.333. The fourth-order valence-corrected chi connectivity index (χ4v) is 5.46. The van der Waals surface area contributed by atoms with Crippen LogP contribution in [0.15, 0.2) is 57.2 Å². The van der Waals surface area contributed by atoms with Crippen LogP contribution in [0.4, 0.5) is 0 Å². The Kier molecular flexibility index (Phi) is 6.03. The first-order valence-corrected chi connectivity index (χ1v) is 12.1. The van der Waals surface area contributed by atoms with Gasteiger partial charge in [-0.3, -0.25) is 4.79 Å². The maximum Gasteiger partial charge on any atom is 0.240 e. The van der Waals surface area contributed by atoms with Crippen LogP contribution in [0.3, 0.4) is 0 Å². The molecule has 0 radical (unpaired) electrons. The van der Waals surface area contributed by atoms with E-state index >= 15 is 0 Å². The number of likely N-dealkylation sites (tertiary alicyclic amines) is 1. The predicted octanol–water partition coefficient (Wildman–Crippen LogP) is 3.22. The van der Waals surface area contributed by atoms with E-state index in [0.29, 0.717) is 43.3 Å². The third-order valence-electron chi connectivity index (χ3n) is 5.17. The lowest BCUT2D eigenvalue weighted by Gasteiger charge is -2.32. The van der Waals surface area contributed by atoms with Crippen molar-refractivity contribution in [3.05, 3.63) is 59.3 Å². The van der Waals surface area contributed by atoms with Gasteiger partial charge in [0.2, 0.25) is 21.8 Å². The van der Waals surface area contributed by atoms with E-state index in [9.17, 15) is 13.2 Å². The topological polar surface area (TPSA) is 92.5 Å². The molecule has 0 aliphatic carbocycles. The van der Waals surface area contributed by atoms with Crippen molar-refractivity contribution in [2.75, 3.05) is 13.1 Å². The average Bonchev–Trinajstić information content (AvgIpc) is 3.39. The fourth-order valence-electron chi connectivity index (χ4n) is 3.49. The van der Waals surface area contributed by atoms with Crippen LogP contribution >= 0.6 is 11.3 Å². The standard InChI is InChI=1S/C21H23N3O4S2/c1-15-18(22-21(28-15)19-8-5-13-29-19)14-20(25)24-11-9-16(10-12-24)23-30(26,27)17-6-3-2-4-7-17/h2-8,13,16,23H,9-12,14H2,1H3. The lowest BCUT2D eigenvalue weighted by Crippen LogP contribution is -2.46. The number of benzene rings is 1. The van der Waals surface area contributed by atoms with Gasteiger partial charge >= 0.3 is 0 Å². The summed E-state index contributed by atoms with van der Waals surface area (Å²) in [5.41, 5.74) is 0.648. The minimum absolute atomic E-state index is 0.0199. The van der Waals surface area contributed by atoms with Crippen LogP contribution < -0.4 is 4.72 Å². The summed E-state index contributed by atoms with van der Waals surface area (Å²) in [6.07, 6.45) is 1.34. The maximum absolute atomic E-state index is 12.7. The van der Waals surface area contributed by atoms with E-state index in [4.69, 9.17) is 4.42 Å². The van der Waals surface area contributed by atoms with Crippen molar-refractivity contribution in [3.8, 4) is 10.8 Å². The van der Waals surface area contributed by atoms with Gasteiger partial charge in [0, 0.05) is 19.1 Å². The Bertz CT molecular complexity index is 1100. The van der Waals surface area contributed by atoms with Gasteiger partial charge in [0.25, 0.3) is 0 Å². The summed E-state index contributed by atoms with van der Waals surface area (Å²) >= 11 is 1.54. The highest BCUT2D eigenvalue weighted by molar-refractivity contribution is 7.89. The average molecular weight is 446 g/mol. The number of hydrogen-bond acceptors (Lipinski definition) is 6. The number of aryl methyl sites for hydroxylation is 1. The Morgan fingerprint density at radius 3 is 2.60 bits per heavy atom. The molecule has 0 saturated carbocycles. The number of sulfonamides is 1. The number of rotatable bonds is 6. The zero-order valence-electron chi connectivity index (χ0n) is 16.6. The maximum atomic E-state index is 12.7. The number of amides is 1. The van der Waals surface area contributed by atoms with Crippen LogP contribution in [0, 0.1) is 6.92 Å². The third kappa shape index (κ3) is 4.63. The van der Waals surface area contributed by atoms with E-state index in [2.05, 4.69) is 9.71 Å². The molecule has 158 valence electrons. The molecule has 3 heterocycles. The highest BCUT2D eigenvalue weighted by Crippen LogP contribution is 2.26. The van der Waals surface area contributed by atoms with Gasteiger partial charge in [0.1, 0.15) is 5.76 Å². The molecule has 0 spiro atoms. The minimum Gasteiger partial charge on any atom is -0.440 e. The van der Waals surface area contributed by atoms with Gasteiger partial charge in [-0.25, -0.2) is 18.1 Å². The minimum atomic E-state index is -3.55. The number of carbonyl (C=O) groups is 1. The van der Waals surface area contributed by atoms with Crippen molar-refractivity contribution in [2.24, 2.45) is 0 Å². The van der Waals surface area contributed by atoms with Crippen molar-refractivity contribution in [1.29, 1.82) is 0 Å². The van der Waals surface area contributed by atoms with Crippen LogP contribution in [0.1, 0.15) is 24.3 Å². The summed E-state index contributed by atoms with van der Waals surface area (Å²) in [5.74, 6) is 1.17. The molecule has 1 N–H and O–H groups in total. The van der Waals surface area contributed by atoms with Gasteiger partial charge in [0.15, 0.2) is 0 Å². The van der Waals surface area contributed by atoms with E-state index < -0.39 is 10.0 Å². The lowest BCUT2D eigenvalue weighted by molar-refractivity contribution is -0.131. The smallest absolute Gasteiger partial charge is 0.240 e. The summed E-state index contributed by atoms with van der Waals surface area (Å²) in [6.45, 7) is 2.84. The van der Waals surface area contributed by atoms with Crippen LogP contribution in [0.25, 0.3) is 10.8 Å². The molecule has 1 aliphatic heterocycles. The SMILES string of the molecule is Cc1oc(-c2cccs2)nc1CC(=O)N1CCC(NS(=O)(=O)c2ccccc2)CC1. The van der Waals surface area contributed by atoms with Crippen LogP contribution in [0.5, 0.6) is 0 Å². The molecule has 0 atom stereocenters. The van der Waals surface area contributed by atoms with Gasteiger partial charge in [-0.2, -0.15) is 0 Å². The molecule has 1 amide bonds. The summed E-state index contributed by atoms with van der Waals surface area (Å²) < 4.78 is 33.4. The largest absolute Gasteiger partial charge is 0.440 e. The van der Waals surface area contributed by atoms with Gasteiger partial charge in [0.05, 0.1) is 21.9 Å². The molecule has 2 aromatic heterocycles. The van der Waals surface area contributed by atoms with E-state index in [1.54, 1.807) is 46.6 Å². The molecule has 9 heteroatoms. The molecule has 1 aliphatic rings. The number of nitrogens with one attached hydrogen (secondary N) is 1. The number of aromatic nitrogens is 1. The van der Waals surface area contributed by atoms with Gasteiger partial charge in [-0.1, -0.05) is 24.3 Å². The quantitative estimate of drug-likeness (QED) is 0.629. The Morgan fingerprint density at radius 1 is 1.20 bits per heavy atom. The number of oxazole rings is 1. The molecular formula is C21H23N3O4S2. The van der Waals surface area contributed by atoms with Crippen molar-refractivity contribution < 1.29 is 17.6 Å². The van der Waals surface area contributed by atoms with Crippen LogP contribution in [0.2, 0.25) is 0 Å². The summed E-state index contributed by atoms with van der Waals surface area (Å²) in [5, 5.41) is 1.95. The predicted molar refractivity (Wildman–Crippen MR) is 115 cm³/mol. The first-order chi connectivity index (χ1) is 14.4. The van der Waals surface area contributed by atoms with Crippen molar-refractivity contribution in [3.63, 3.8) is 0 Å². The first kappa shape index (κ1) is 20.8. The zero-order valence-corrected chi connectivity index (χ0v) is 18.2. The summed E-state index contributed by atoms with van der Waals surface area (Å²) in [7, 11) is -3.55. The highest BCUT2D eigenvalue weighted by atomic mass is 32.2. The van der Waals surface area contributed by atoms with Gasteiger partial charge < -0.3 is 9.32 Å². The third-order valence-corrected chi connectivity index (χ3v) is 7.56. The Morgan fingerprint density at radius 2 is 1.93 bits per heavy atom. The number of hydrogen-bond donors (Lipinski definition) is 1. The van der Waals surface area contributed by atoms with Crippen LogP contribution in [-0.4, -0.2) is 43.3 Å². The Labute approximate surface area is 179 Å². The number of thiophene rings is 1. The monoisotopic (exact) mass is 445 g/mol. The number of piperidine rings is 1. The second-order valence-electron chi connectivity index (χ2n) is 7.27. The molecule has 3 aromatic rings. The molecule has 1 saturated heterocycles. The molecule has 0 bridgehead atoms. The summed E-state index contributed by atoms with van der Waals surface area (Å²) in [4.78, 5) is 20.2. The van der Waals surface area contributed by atoms with Crippen molar-refractivity contribution in [2.45, 2.75) is 37.1 Å². The van der Waals surface area contributed by atoms with Gasteiger partial charge in [-0.15, -0.1) is 11.3 Å². The molecule has 0 unspecified atom stereocenters. The van der Waals surface area contributed by atoms with Crippen molar-refractivity contribution in [1.82, 2.24) is 14.6 Å². The summed E-state index contributed by atoms with van der Waals surface area (Å²) in [6, 6.07) is 12.0. The Balaban J connectivity index is 1.33. The lowest BCUT2D eigenvalue weighted by atomic mass is 10.1. The van der Waals surface area contributed by atoms with Gasteiger partial charge in [-0.05, 0) is 43.3 Å². The highest BCUT2D eigenvalue weighted by Gasteiger charge is 2.27. The number of nitrogens with zero attached hydrogens (tertiary/aromatic N) is 2. The molecular weight excluding hydrogens is 422 g/mol. The second kappa shape index (κ2) is 8.71. The zero-order chi connectivity index (χ0) is 21.1. The van der Waals surface area contributed by atoms with E-state index in [0.717, 1.165) is 4.88 Å².